The number of nitrogens with one attached hydrogen (secondary N) is 2. The number of alkyl halides is 3. The smallest absolute Gasteiger partial charge is 0.380 e. The average molecular weight is 465 g/mol. The maximum atomic E-state index is 13.5. The van der Waals surface area contributed by atoms with Gasteiger partial charge in [-0.05, 0) is 55.7 Å². The minimum Gasteiger partial charge on any atom is -0.380 e. The van der Waals surface area contributed by atoms with E-state index in [4.69, 9.17) is 0 Å². The van der Waals surface area contributed by atoms with Gasteiger partial charge in [0.05, 0.1) is 5.39 Å². The van der Waals surface area contributed by atoms with Gasteiger partial charge in [-0.1, -0.05) is 0 Å². The molecule has 12 heteroatoms. The number of carbonyl (C=O) groups is 1. The highest BCUT2D eigenvalue weighted by Gasteiger charge is 2.59. The lowest BCUT2D eigenvalue weighted by molar-refractivity contribution is -0.275. The third-order valence-corrected chi connectivity index (χ3v) is 7.15. The summed E-state index contributed by atoms with van der Waals surface area (Å²) >= 11 is 1.41. The highest BCUT2D eigenvalue weighted by molar-refractivity contribution is 7.16. The molecule has 4 heterocycles. The molecule has 1 fully saturated rings. The lowest BCUT2D eigenvalue weighted by Crippen LogP contribution is -2.57. The molecule has 0 unspecified atom stereocenters. The number of aromatic nitrogens is 3. The van der Waals surface area contributed by atoms with E-state index in [1.54, 1.807) is 6.92 Å². The summed E-state index contributed by atoms with van der Waals surface area (Å²) < 4.78 is 41.1. The summed E-state index contributed by atoms with van der Waals surface area (Å²) in [4.78, 5) is 35.2. The second-order valence-electron chi connectivity index (χ2n) is 8.23. The maximum absolute atomic E-state index is 13.5. The zero-order chi connectivity index (χ0) is 22.9. The number of halogens is 3. The Hall–Kier alpha value is -2.99. The molecule has 1 aliphatic carbocycles. The van der Waals surface area contributed by atoms with E-state index >= 15 is 0 Å². The molecule has 3 aromatic rings. The van der Waals surface area contributed by atoms with E-state index in [-0.39, 0.29) is 24.2 Å². The molecule has 32 heavy (non-hydrogen) atoms. The van der Waals surface area contributed by atoms with E-state index in [2.05, 4.69) is 20.6 Å². The molecule has 1 amide bonds. The number of aliphatic hydroxyl groups is 1. The molecule has 1 spiro atoms. The van der Waals surface area contributed by atoms with Crippen LogP contribution in [0.4, 0.5) is 24.7 Å². The van der Waals surface area contributed by atoms with E-state index in [1.807, 2.05) is 11.4 Å². The number of hydrogen-bond acceptors (Lipinski definition) is 7. The molecule has 0 aromatic carbocycles. The lowest BCUT2D eigenvalue weighted by atomic mass is 9.78. The van der Waals surface area contributed by atoms with Crippen LogP contribution in [-0.2, 0) is 5.66 Å². The number of pyridine rings is 1. The van der Waals surface area contributed by atoms with Gasteiger partial charge in [-0.2, -0.15) is 13.2 Å². The summed E-state index contributed by atoms with van der Waals surface area (Å²) in [5.74, 6) is -0.111. The molecule has 0 atom stereocenters. The van der Waals surface area contributed by atoms with Gasteiger partial charge in [-0.25, -0.2) is 9.97 Å². The number of carbonyl (C=O) groups excluding carboxylic acids is 1. The van der Waals surface area contributed by atoms with Crippen LogP contribution in [0.1, 0.15) is 41.7 Å². The molecule has 3 aromatic heterocycles. The Balaban J connectivity index is 1.58. The zero-order valence-corrected chi connectivity index (χ0v) is 17.6. The zero-order valence-electron chi connectivity index (χ0n) is 16.8. The Morgan fingerprint density at radius 2 is 1.94 bits per heavy atom. The van der Waals surface area contributed by atoms with Gasteiger partial charge in [-0.15, -0.1) is 11.3 Å². The van der Waals surface area contributed by atoms with Crippen LogP contribution in [-0.4, -0.2) is 37.3 Å². The highest BCUT2D eigenvalue weighted by atomic mass is 32.1. The fourth-order valence-electron chi connectivity index (χ4n) is 4.58. The summed E-state index contributed by atoms with van der Waals surface area (Å²) in [6, 6.07) is 3.34. The van der Waals surface area contributed by atoms with Crippen LogP contribution in [0.15, 0.2) is 28.6 Å². The van der Waals surface area contributed by atoms with Crippen molar-refractivity contribution in [2.24, 2.45) is 0 Å². The number of anilines is 2. The molecule has 2 aliphatic rings. The number of amides is 1. The van der Waals surface area contributed by atoms with Gasteiger partial charge in [0.15, 0.2) is 5.60 Å². The second kappa shape index (κ2) is 6.75. The van der Waals surface area contributed by atoms with Gasteiger partial charge in [0.1, 0.15) is 34.0 Å². The quantitative estimate of drug-likeness (QED) is 0.537. The largest absolute Gasteiger partial charge is 0.417 e. The first-order valence-corrected chi connectivity index (χ1v) is 10.8. The number of aryl methyl sites for hydroxylation is 1. The van der Waals surface area contributed by atoms with E-state index in [1.165, 1.54) is 28.3 Å². The SMILES string of the molecule is Cc1cc(Nc2ncnc3sccc23)c(=O)n2c1C(=O)N[C@]21CC[C@@](O)(C(F)(F)F)CC1. The van der Waals surface area contributed by atoms with Crippen molar-refractivity contribution >= 4 is 39.0 Å². The number of fused-ring (bicyclic) bond motifs is 3. The van der Waals surface area contributed by atoms with Crippen LogP contribution >= 0.6 is 11.3 Å². The van der Waals surface area contributed by atoms with Gasteiger partial charge in [-0.3, -0.25) is 14.2 Å². The first-order chi connectivity index (χ1) is 15.0. The summed E-state index contributed by atoms with van der Waals surface area (Å²) in [5, 5.41) is 18.3. The minimum atomic E-state index is -4.79. The molecule has 5 rings (SSSR count). The van der Waals surface area contributed by atoms with E-state index < -0.39 is 41.7 Å². The third kappa shape index (κ3) is 2.93. The predicted octanol–water partition coefficient (Wildman–Crippen LogP) is 3.17. The number of nitrogens with zero attached hydrogens (tertiary/aromatic N) is 3. The number of rotatable bonds is 2. The molecule has 3 N–H and O–H groups in total. The fraction of sp³-hybridized carbons (Fsp3) is 0.400. The van der Waals surface area contributed by atoms with Crippen molar-refractivity contribution in [1.29, 1.82) is 0 Å². The monoisotopic (exact) mass is 465 g/mol. The maximum Gasteiger partial charge on any atom is 0.417 e. The van der Waals surface area contributed by atoms with Crippen molar-refractivity contribution in [3.05, 3.63) is 45.5 Å². The van der Waals surface area contributed by atoms with Crippen LogP contribution in [0.25, 0.3) is 10.2 Å². The van der Waals surface area contributed by atoms with Gasteiger partial charge in [0, 0.05) is 0 Å². The van der Waals surface area contributed by atoms with Crippen molar-refractivity contribution in [2.75, 3.05) is 5.32 Å². The number of hydrogen-bond donors (Lipinski definition) is 3. The summed E-state index contributed by atoms with van der Waals surface area (Å²) in [6.07, 6.45) is -5.13. The normalized spacial score (nSPS) is 25.2. The van der Waals surface area contributed by atoms with Crippen molar-refractivity contribution in [1.82, 2.24) is 19.9 Å². The molecule has 0 bridgehead atoms. The molecule has 0 saturated heterocycles. The Morgan fingerprint density at radius 3 is 2.62 bits per heavy atom. The summed E-state index contributed by atoms with van der Waals surface area (Å²) in [5.41, 5.74) is -3.97. The van der Waals surface area contributed by atoms with Crippen LogP contribution in [0.2, 0.25) is 0 Å². The minimum absolute atomic E-state index is 0.112. The molecule has 8 nitrogen and oxygen atoms in total. The van der Waals surface area contributed by atoms with Crippen LogP contribution in [0.5, 0.6) is 0 Å². The lowest BCUT2D eigenvalue weighted by Gasteiger charge is -2.43. The van der Waals surface area contributed by atoms with Crippen LogP contribution in [0.3, 0.4) is 0 Å². The van der Waals surface area contributed by atoms with Crippen molar-refractivity contribution in [3.8, 4) is 0 Å². The first-order valence-electron chi connectivity index (χ1n) is 9.89. The fourth-order valence-corrected chi connectivity index (χ4v) is 5.31. The Bertz CT molecular complexity index is 1310. The Morgan fingerprint density at radius 1 is 1.22 bits per heavy atom. The average Bonchev–Trinajstić information content (AvgIpc) is 3.31. The van der Waals surface area contributed by atoms with E-state index in [0.717, 1.165) is 10.2 Å². The second-order valence-corrected chi connectivity index (χ2v) is 9.13. The Labute approximate surface area is 183 Å². The van der Waals surface area contributed by atoms with Crippen molar-refractivity contribution in [3.63, 3.8) is 0 Å². The van der Waals surface area contributed by atoms with Gasteiger partial charge in [0.25, 0.3) is 11.5 Å². The molecular weight excluding hydrogens is 447 g/mol. The summed E-state index contributed by atoms with van der Waals surface area (Å²) in [6.45, 7) is 1.66. The highest BCUT2D eigenvalue weighted by Crippen LogP contribution is 2.47. The van der Waals surface area contributed by atoms with Crippen LogP contribution < -0.4 is 16.2 Å². The van der Waals surface area contributed by atoms with E-state index in [0.29, 0.717) is 11.4 Å². The van der Waals surface area contributed by atoms with Gasteiger partial charge in [0.2, 0.25) is 0 Å². The molecule has 1 saturated carbocycles. The van der Waals surface area contributed by atoms with Crippen molar-refractivity contribution in [2.45, 2.75) is 50.0 Å². The first kappa shape index (κ1) is 20.9. The number of thiophene rings is 1. The van der Waals surface area contributed by atoms with Crippen molar-refractivity contribution < 1.29 is 23.1 Å². The summed E-state index contributed by atoms with van der Waals surface area (Å²) in [7, 11) is 0. The molecule has 1 aliphatic heterocycles. The molecule has 0 radical (unpaired) electrons. The van der Waals surface area contributed by atoms with E-state index in [9.17, 15) is 27.9 Å². The molecular formula is C20H18F3N5O3S. The predicted molar refractivity (Wildman–Crippen MR) is 111 cm³/mol. The Kier molecular flexibility index (Phi) is 4.41. The van der Waals surface area contributed by atoms with Crippen LogP contribution in [0, 0.1) is 6.92 Å². The topological polar surface area (TPSA) is 109 Å². The molecule has 168 valence electrons. The third-order valence-electron chi connectivity index (χ3n) is 6.33. The van der Waals surface area contributed by atoms with Gasteiger partial charge >= 0.3 is 6.18 Å². The standard InChI is InChI=1S/C20H18F3N5O3S/c1-10-8-12(26-14-11-2-7-32-16(11)25-9-24-14)17(30)28-13(10)15(29)27-19(28)5-3-18(31,4-6-19)20(21,22)23/h2,7-9,31H,3-6H2,1H3,(H,27,29)(H,24,25,26)/t18-,19+. The van der Waals surface area contributed by atoms with Gasteiger partial charge < -0.3 is 15.7 Å².